The second kappa shape index (κ2) is 4.50. The first-order chi connectivity index (χ1) is 5.86. The van der Waals surface area contributed by atoms with Crippen LogP contribution in [0.2, 0.25) is 0 Å². The van der Waals surface area contributed by atoms with Crippen LogP contribution in [0.5, 0.6) is 5.88 Å². The van der Waals surface area contributed by atoms with Crippen LogP contribution in [0.1, 0.15) is 0 Å². The molecule has 66 valence electrons. The van der Waals surface area contributed by atoms with Gasteiger partial charge in [-0.15, -0.1) is 0 Å². The quantitative estimate of drug-likeness (QED) is 0.654. The van der Waals surface area contributed by atoms with E-state index in [1.54, 1.807) is 19.4 Å². The highest BCUT2D eigenvalue weighted by atomic mass is 16.5. The van der Waals surface area contributed by atoms with Gasteiger partial charge >= 0.3 is 0 Å². The molecule has 12 heavy (non-hydrogen) atoms. The van der Waals surface area contributed by atoms with E-state index in [1.807, 2.05) is 0 Å². The summed E-state index contributed by atoms with van der Waals surface area (Å²) in [6, 6.07) is 1.69. The van der Waals surface area contributed by atoms with E-state index in [4.69, 9.17) is 10.5 Å². The fourth-order valence-corrected chi connectivity index (χ4v) is 0.725. The fourth-order valence-electron chi connectivity index (χ4n) is 0.725. The Morgan fingerprint density at radius 1 is 1.67 bits per heavy atom. The van der Waals surface area contributed by atoms with Crippen molar-refractivity contribution in [1.82, 2.24) is 9.97 Å². The first kappa shape index (κ1) is 8.73. The Morgan fingerprint density at radius 3 is 3.17 bits per heavy atom. The first-order valence-corrected chi connectivity index (χ1v) is 3.68. The smallest absolute Gasteiger partial charge is 0.225 e. The Morgan fingerprint density at radius 2 is 2.50 bits per heavy atom. The van der Waals surface area contributed by atoms with E-state index < -0.39 is 0 Å². The number of anilines is 1. The largest absolute Gasteiger partial charge is 0.481 e. The molecule has 1 rings (SSSR count). The van der Waals surface area contributed by atoms with Crippen LogP contribution in [0.25, 0.3) is 0 Å². The third-order valence-electron chi connectivity index (χ3n) is 1.27. The molecule has 0 atom stereocenters. The summed E-state index contributed by atoms with van der Waals surface area (Å²) in [6.07, 6.45) is 1.63. The molecule has 0 bridgehead atoms. The molecule has 1 aromatic heterocycles. The molecule has 0 amide bonds. The Bertz CT molecular complexity index is 241. The third-order valence-corrected chi connectivity index (χ3v) is 1.27. The molecule has 0 radical (unpaired) electrons. The van der Waals surface area contributed by atoms with Gasteiger partial charge in [-0.2, -0.15) is 4.98 Å². The van der Waals surface area contributed by atoms with Crippen molar-refractivity contribution in [2.45, 2.75) is 0 Å². The highest BCUT2D eigenvalue weighted by molar-refractivity contribution is 5.27. The van der Waals surface area contributed by atoms with E-state index >= 15 is 0 Å². The van der Waals surface area contributed by atoms with Crippen molar-refractivity contribution in [3.05, 3.63) is 12.3 Å². The lowest BCUT2D eigenvalue weighted by Gasteiger charge is -2.03. The van der Waals surface area contributed by atoms with Crippen LogP contribution in [0.3, 0.4) is 0 Å². The number of ether oxygens (including phenoxy) is 1. The Hall–Kier alpha value is -1.36. The third kappa shape index (κ3) is 2.35. The van der Waals surface area contributed by atoms with Crippen molar-refractivity contribution in [2.75, 3.05) is 25.5 Å². The summed E-state index contributed by atoms with van der Waals surface area (Å²) in [7, 11) is 1.56. The van der Waals surface area contributed by atoms with Crippen molar-refractivity contribution < 1.29 is 4.74 Å². The second-order valence-corrected chi connectivity index (χ2v) is 2.14. The highest BCUT2D eigenvalue weighted by Gasteiger charge is 1.95. The molecule has 0 saturated heterocycles. The van der Waals surface area contributed by atoms with E-state index in [-0.39, 0.29) is 0 Å². The number of hydrogen-bond donors (Lipinski definition) is 2. The lowest BCUT2D eigenvalue weighted by molar-refractivity contribution is 0.397. The molecule has 5 heteroatoms. The van der Waals surface area contributed by atoms with Crippen LogP contribution >= 0.6 is 0 Å². The number of nitrogens with two attached hydrogens (primary N) is 1. The highest BCUT2D eigenvalue weighted by Crippen LogP contribution is 2.06. The van der Waals surface area contributed by atoms with Gasteiger partial charge in [0.05, 0.1) is 7.11 Å². The first-order valence-electron chi connectivity index (χ1n) is 3.68. The maximum atomic E-state index is 5.30. The van der Waals surface area contributed by atoms with Gasteiger partial charge in [-0.3, -0.25) is 0 Å². The van der Waals surface area contributed by atoms with Crippen LogP contribution in [0.4, 0.5) is 5.95 Å². The molecular weight excluding hydrogens is 156 g/mol. The zero-order valence-corrected chi connectivity index (χ0v) is 6.95. The number of aromatic nitrogens is 2. The van der Waals surface area contributed by atoms with Crippen LogP contribution in [0.15, 0.2) is 12.3 Å². The van der Waals surface area contributed by atoms with Gasteiger partial charge in [0.15, 0.2) is 0 Å². The van der Waals surface area contributed by atoms with Crippen LogP contribution in [0, 0.1) is 0 Å². The minimum atomic E-state index is 0.541. The molecule has 5 nitrogen and oxygen atoms in total. The summed E-state index contributed by atoms with van der Waals surface area (Å²) < 4.78 is 4.91. The van der Waals surface area contributed by atoms with Gasteiger partial charge in [-0.1, -0.05) is 0 Å². The minimum Gasteiger partial charge on any atom is -0.481 e. The molecule has 0 aliphatic rings. The normalized spacial score (nSPS) is 9.50. The SMILES string of the molecule is COc1ccnc(NCCN)n1. The van der Waals surface area contributed by atoms with Crippen LogP contribution in [-0.4, -0.2) is 30.2 Å². The standard InChI is InChI=1S/C7H12N4O/c1-12-6-2-4-9-7(11-6)10-5-3-8/h2,4H,3,5,8H2,1H3,(H,9,10,11). The Balaban J connectivity index is 2.60. The van der Waals surface area contributed by atoms with Gasteiger partial charge in [-0.05, 0) is 0 Å². The van der Waals surface area contributed by atoms with Crippen molar-refractivity contribution in [1.29, 1.82) is 0 Å². The van der Waals surface area contributed by atoms with Crippen molar-refractivity contribution in [3.8, 4) is 5.88 Å². The summed E-state index contributed by atoms with van der Waals surface area (Å²) >= 11 is 0. The van der Waals surface area contributed by atoms with E-state index in [1.165, 1.54) is 0 Å². The van der Waals surface area contributed by atoms with E-state index in [0.717, 1.165) is 0 Å². The molecule has 0 saturated carbocycles. The average Bonchev–Trinajstić information content (AvgIpc) is 2.15. The molecule has 0 aliphatic heterocycles. The Labute approximate surface area is 71.0 Å². The molecule has 3 N–H and O–H groups in total. The minimum absolute atomic E-state index is 0.541. The summed E-state index contributed by atoms with van der Waals surface area (Å²) in [4.78, 5) is 8.00. The number of rotatable bonds is 4. The van der Waals surface area contributed by atoms with Gasteiger partial charge in [-0.25, -0.2) is 4.98 Å². The molecule has 1 heterocycles. The van der Waals surface area contributed by atoms with Gasteiger partial charge < -0.3 is 15.8 Å². The van der Waals surface area contributed by atoms with Crippen molar-refractivity contribution >= 4 is 5.95 Å². The number of nitrogens with zero attached hydrogens (tertiary/aromatic N) is 2. The van der Waals surface area contributed by atoms with E-state index in [9.17, 15) is 0 Å². The van der Waals surface area contributed by atoms with Gasteiger partial charge in [0, 0.05) is 25.4 Å². The summed E-state index contributed by atoms with van der Waals surface area (Å²) in [5.41, 5.74) is 5.30. The lowest BCUT2D eigenvalue weighted by Crippen LogP contribution is -2.14. The van der Waals surface area contributed by atoms with Crippen molar-refractivity contribution in [3.63, 3.8) is 0 Å². The molecule has 0 aliphatic carbocycles. The van der Waals surface area contributed by atoms with E-state index in [0.29, 0.717) is 24.9 Å². The number of hydrogen-bond acceptors (Lipinski definition) is 5. The van der Waals surface area contributed by atoms with Gasteiger partial charge in [0.1, 0.15) is 0 Å². The molecular formula is C7H12N4O. The zero-order valence-electron chi connectivity index (χ0n) is 6.95. The molecule has 0 fully saturated rings. The van der Waals surface area contributed by atoms with Gasteiger partial charge in [0.25, 0.3) is 0 Å². The average molecular weight is 168 g/mol. The topological polar surface area (TPSA) is 73.1 Å². The zero-order chi connectivity index (χ0) is 8.81. The van der Waals surface area contributed by atoms with Crippen molar-refractivity contribution in [2.24, 2.45) is 5.73 Å². The molecule has 0 spiro atoms. The maximum Gasteiger partial charge on any atom is 0.225 e. The lowest BCUT2D eigenvalue weighted by atomic mass is 10.6. The molecule has 0 unspecified atom stereocenters. The Kier molecular flexibility index (Phi) is 3.28. The monoisotopic (exact) mass is 168 g/mol. The van der Waals surface area contributed by atoms with Gasteiger partial charge in [0.2, 0.25) is 11.8 Å². The summed E-state index contributed by atoms with van der Waals surface area (Å²) in [6.45, 7) is 1.22. The number of methoxy groups -OCH3 is 1. The number of nitrogens with one attached hydrogen (secondary N) is 1. The van der Waals surface area contributed by atoms with Crippen LogP contribution < -0.4 is 15.8 Å². The maximum absolute atomic E-state index is 5.30. The predicted molar refractivity (Wildman–Crippen MR) is 46.1 cm³/mol. The van der Waals surface area contributed by atoms with Crippen LogP contribution in [-0.2, 0) is 0 Å². The molecule has 1 aromatic rings. The second-order valence-electron chi connectivity index (χ2n) is 2.14. The summed E-state index contributed by atoms with van der Waals surface area (Å²) in [5.74, 6) is 1.09. The fraction of sp³-hybridized carbons (Fsp3) is 0.429. The molecule has 0 aromatic carbocycles. The van der Waals surface area contributed by atoms with E-state index in [2.05, 4.69) is 15.3 Å². The predicted octanol–water partition coefficient (Wildman–Crippen LogP) is -0.144. The summed E-state index contributed by atoms with van der Waals surface area (Å²) in [5, 5.41) is 2.94.